The minimum Gasteiger partial charge on any atom is -0.383 e. The summed E-state index contributed by atoms with van der Waals surface area (Å²) in [5.74, 6) is -0.159. The molecule has 0 heterocycles. The van der Waals surface area contributed by atoms with Gasteiger partial charge in [-0.25, -0.2) is 0 Å². The van der Waals surface area contributed by atoms with Gasteiger partial charge in [0.1, 0.15) is 6.10 Å². The number of hydrogen-bond donors (Lipinski definition) is 1. The van der Waals surface area contributed by atoms with E-state index in [1.54, 1.807) is 4.90 Å². The summed E-state index contributed by atoms with van der Waals surface area (Å²) >= 11 is 0. The highest BCUT2D eigenvalue weighted by molar-refractivity contribution is 5.80. The van der Waals surface area contributed by atoms with Crippen LogP contribution >= 0.6 is 0 Å². The van der Waals surface area contributed by atoms with Crippen LogP contribution in [0.2, 0.25) is 0 Å². The normalized spacial score (nSPS) is 13.2. The molecule has 3 nitrogen and oxygen atoms in total. The topological polar surface area (TPSA) is 40.5 Å². The number of likely N-dealkylation sites (N-methyl/N-ethyl adjacent to an activating group) is 1. The standard InChI is InChI=1S/C9H19NO2/c1-5-10(6-2)9(12)8(11)7(3)4/h7-8,11H,5-6H2,1-4H3. The molecule has 0 saturated carbocycles. The van der Waals surface area contributed by atoms with Crippen molar-refractivity contribution in [2.24, 2.45) is 5.92 Å². The van der Waals surface area contributed by atoms with Crippen LogP contribution in [-0.4, -0.2) is 35.1 Å². The number of carbonyl (C=O) groups excluding carboxylic acids is 1. The van der Waals surface area contributed by atoms with Gasteiger partial charge in [0.2, 0.25) is 0 Å². The summed E-state index contributed by atoms with van der Waals surface area (Å²) in [6.07, 6.45) is -0.843. The van der Waals surface area contributed by atoms with E-state index in [4.69, 9.17) is 0 Å². The van der Waals surface area contributed by atoms with Gasteiger partial charge in [-0.15, -0.1) is 0 Å². The molecule has 0 fully saturated rings. The third-order valence-electron chi connectivity index (χ3n) is 1.96. The SMILES string of the molecule is CCN(CC)C(=O)C(O)C(C)C. The average molecular weight is 173 g/mol. The number of aliphatic hydroxyl groups excluding tert-OH is 1. The molecule has 0 aliphatic rings. The van der Waals surface area contributed by atoms with Crippen LogP contribution in [0.5, 0.6) is 0 Å². The van der Waals surface area contributed by atoms with Crippen molar-refractivity contribution >= 4 is 5.91 Å². The Morgan fingerprint density at radius 2 is 1.75 bits per heavy atom. The van der Waals surface area contributed by atoms with Crippen LogP contribution in [0.15, 0.2) is 0 Å². The van der Waals surface area contributed by atoms with Gasteiger partial charge in [-0.1, -0.05) is 13.8 Å². The Morgan fingerprint density at radius 3 is 2.00 bits per heavy atom. The summed E-state index contributed by atoms with van der Waals surface area (Å²) in [6, 6.07) is 0. The van der Waals surface area contributed by atoms with Gasteiger partial charge in [0, 0.05) is 13.1 Å². The largest absolute Gasteiger partial charge is 0.383 e. The van der Waals surface area contributed by atoms with E-state index in [1.807, 2.05) is 27.7 Å². The Kier molecular flexibility index (Phi) is 4.90. The van der Waals surface area contributed by atoms with Gasteiger partial charge in [0.15, 0.2) is 0 Å². The fourth-order valence-corrected chi connectivity index (χ4v) is 1.01. The van der Waals surface area contributed by atoms with Crippen LogP contribution in [0, 0.1) is 5.92 Å². The second kappa shape index (κ2) is 5.14. The summed E-state index contributed by atoms with van der Waals surface area (Å²) in [5.41, 5.74) is 0. The van der Waals surface area contributed by atoms with E-state index < -0.39 is 6.10 Å². The van der Waals surface area contributed by atoms with Gasteiger partial charge in [-0.3, -0.25) is 4.79 Å². The number of rotatable bonds is 4. The van der Waals surface area contributed by atoms with E-state index in [2.05, 4.69) is 0 Å². The molecule has 0 aromatic rings. The Hall–Kier alpha value is -0.570. The number of hydrogen-bond acceptors (Lipinski definition) is 2. The zero-order chi connectivity index (χ0) is 9.72. The smallest absolute Gasteiger partial charge is 0.251 e. The second-order valence-corrected chi connectivity index (χ2v) is 3.20. The molecule has 0 aromatic heterocycles. The first-order chi connectivity index (χ1) is 5.54. The van der Waals surface area contributed by atoms with Gasteiger partial charge in [-0.2, -0.15) is 0 Å². The number of amides is 1. The van der Waals surface area contributed by atoms with Gasteiger partial charge >= 0.3 is 0 Å². The first-order valence-electron chi connectivity index (χ1n) is 4.51. The quantitative estimate of drug-likeness (QED) is 0.685. The van der Waals surface area contributed by atoms with Crippen LogP contribution in [0.25, 0.3) is 0 Å². The molecule has 0 saturated heterocycles. The second-order valence-electron chi connectivity index (χ2n) is 3.20. The molecule has 1 N–H and O–H groups in total. The highest BCUT2D eigenvalue weighted by Crippen LogP contribution is 2.05. The van der Waals surface area contributed by atoms with E-state index in [0.29, 0.717) is 13.1 Å². The van der Waals surface area contributed by atoms with Crippen molar-refractivity contribution in [3.63, 3.8) is 0 Å². The zero-order valence-electron chi connectivity index (χ0n) is 8.37. The van der Waals surface area contributed by atoms with E-state index in [1.165, 1.54) is 0 Å². The Labute approximate surface area is 74.4 Å². The predicted molar refractivity (Wildman–Crippen MR) is 48.8 cm³/mol. The van der Waals surface area contributed by atoms with Crippen LogP contribution < -0.4 is 0 Å². The molecule has 0 aromatic carbocycles. The van der Waals surface area contributed by atoms with Gasteiger partial charge < -0.3 is 10.0 Å². The zero-order valence-corrected chi connectivity index (χ0v) is 8.37. The van der Waals surface area contributed by atoms with E-state index in [-0.39, 0.29) is 11.8 Å². The van der Waals surface area contributed by atoms with Crippen molar-refractivity contribution in [3.8, 4) is 0 Å². The minimum absolute atomic E-state index is 0.00176. The maximum atomic E-state index is 11.4. The molecule has 0 aliphatic heterocycles. The van der Waals surface area contributed by atoms with Crippen molar-refractivity contribution in [1.29, 1.82) is 0 Å². The molecule has 12 heavy (non-hydrogen) atoms. The van der Waals surface area contributed by atoms with E-state index >= 15 is 0 Å². The highest BCUT2D eigenvalue weighted by Gasteiger charge is 2.22. The highest BCUT2D eigenvalue weighted by atomic mass is 16.3. The van der Waals surface area contributed by atoms with Gasteiger partial charge in [-0.05, 0) is 19.8 Å². The van der Waals surface area contributed by atoms with Gasteiger partial charge in [0.05, 0.1) is 0 Å². The van der Waals surface area contributed by atoms with Crippen LogP contribution in [0.4, 0.5) is 0 Å². The molecule has 0 bridgehead atoms. The van der Waals surface area contributed by atoms with Crippen LogP contribution in [-0.2, 0) is 4.79 Å². The predicted octanol–water partition coefficient (Wildman–Crippen LogP) is 0.872. The molecule has 3 heteroatoms. The summed E-state index contributed by atoms with van der Waals surface area (Å²) < 4.78 is 0. The molecule has 1 unspecified atom stereocenters. The Bertz CT molecular complexity index is 137. The monoisotopic (exact) mass is 173 g/mol. The molecule has 0 rings (SSSR count). The summed E-state index contributed by atoms with van der Waals surface area (Å²) in [6.45, 7) is 8.83. The van der Waals surface area contributed by atoms with Crippen LogP contribution in [0.3, 0.4) is 0 Å². The Morgan fingerprint density at radius 1 is 1.33 bits per heavy atom. The van der Waals surface area contributed by atoms with E-state index in [9.17, 15) is 9.90 Å². The van der Waals surface area contributed by atoms with E-state index in [0.717, 1.165) is 0 Å². The molecule has 0 radical (unpaired) electrons. The number of nitrogens with zero attached hydrogens (tertiary/aromatic N) is 1. The molecule has 0 spiro atoms. The first kappa shape index (κ1) is 11.4. The lowest BCUT2D eigenvalue weighted by Gasteiger charge is -2.23. The minimum atomic E-state index is -0.843. The average Bonchev–Trinajstić information content (AvgIpc) is 2.05. The summed E-state index contributed by atoms with van der Waals surface area (Å²) in [5, 5.41) is 9.44. The van der Waals surface area contributed by atoms with Crippen molar-refractivity contribution in [3.05, 3.63) is 0 Å². The number of aliphatic hydroxyl groups is 1. The number of carbonyl (C=O) groups is 1. The molecule has 1 atom stereocenters. The van der Waals surface area contributed by atoms with Crippen LogP contribution in [0.1, 0.15) is 27.7 Å². The molecular formula is C9H19NO2. The molecule has 1 amide bonds. The molecule has 72 valence electrons. The maximum Gasteiger partial charge on any atom is 0.251 e. The summed E-state index contributed by atoms with van der Waals surface area (Å²) in [4.78, 5) is 13.1. The molecular weight excluding hydrogens is 154 g/mol. The van der Waals surface area contributed by atoms with Crippen molar-refractivity contribution in [2.45, 2.75) is 33.8 Å². The maximum absolute atomic E-state index is 11.4. The summed E-state index contributed by atoms with van der Waals surface area (Å²) in [7, 11) is 0. The third-order valence-corrected chi connectivity index (χ3v) is 1.96. The first-order valence-corrected chi connectivity index (χ1v) is 4.51. The lowest BCUT2D eigenvalue weighted by Crippen LogP contribution is -2.41. The van der Waals surface area contributed by atoms with Crippen molar-refractivity contribution in [1.82, 2.24) is 4.90 Å². The fraction of sp³-hybridized carbons (Fsp3) is 0.889. The fourth-order valence-electron chi connectivity index (χ4n) is 1.01. The van der Waals surface area contributed by atoms with Crippen molar-refractivity contribution < 1.29 is 9.90 Å². The molecule has 0 aliphatic carbocycles. The van der Waals surface area contributed by atoms with Crippen molar-refractivity contribution in [2.75, 3.05) is 13.1 Å². The lowest BCUT2D eigenvalue weighted by molar-refractivity contribution is -0.141. The van der Waals surface area contributed by atoms with Gasteiger partial charge in [0.25, 0.3) is 5.91 Å². The Balaban J connectivity index is 4.16. The lowest BCUT2D eigenvalue weighted by atomic mass is 10.1. The third kappa shape index (κ3) is 2.81.